The highest BCUT2D eigenvalue weighted by Gasteiger charge is 2.46. The first-order valence-corrected chi connectivity index (χ1v) is 8.67. The highest BCUT2D eigenvalue weighted by molar-refractivity contribution is 5.04. The molecule has 0 aromatic heterocycles. The van der Waals surface area contributed by atoms with Gasteiger partial charge in [0.2, 0.25) is 0 Å². The molecule has 1 saturated heterocycles. The van der Waals surface area contributed by atoms with Crippen molar-refractivity contribution in [2.75, 3.05) is 32.8 Å². The van der Waals surface area contributed by atoms with E-state index in [9.17, 15) is 0 Å². The molecular formula is C17H34N2O. The molecule has 3 unspecified atom stereocenters. The number of nitrogens with zero attached hydrogens (tertiary/aromatic N) is 1. The molecule has 0 amide bonds. The van der Waals surface area contributed by atoms with Crippen molar-refractivity contribution >= 4 is 0 Å². The van der Waals surface area contributed by atoms with E-state index in [1.165, 1.54) is 38.8 Å². The van der Waals surface area contributed by atoms with E-state index in [1.54, 1.807) is 0 Å². The summed E-state index contributed by atoms with van der Waals surface area (Å²) in [4.78, 5) is 2.75. The van der Waals surface area contributed by atoms with E-state index in [-0.39, 0.29) is 0 Å². The average Bonchev–Trinajstić information content (AvgIpc) is 3.28. The molecule has 0 aromatic carbocycles. The van der Waals surface area contributed by atoms with Gasteiger partial charge in [-0.1, -0.05) is 20.3 Å². The second-order valence-corrected chi connectivity index (χ2v) is 7.05. The first-order chi connectivity index (χ1) is 9.60. The summed E-state index contributed by atoms with van der Waals surface area (Å²) >= 11 is 0. The molecule has 0 spiro atoms. The summed E-state index contributed by atoms with van der Waals surface area (Å²) < 4.78 is 5.52. The molecule has 1 aliphatic heterocycles. The van der Waals surface area contributed by atoms with Crippen molar-refractivity contribution in [1.29, 1.82) is 0 Å². The van der Waals surface area contributed by atoms with Gasteiger partial charge < -0.3 is 10.1 Å². The number of piperazine rings is 1. The largest absolute Gasteiger partial charge is 0.382 e. The van der Waals surface area contributed by atoms with Crippen molar-refractivity contribution in [3.63, 3.8) is 0 Å². The Kier molecular flexibility index (Phi) is 5.88. The maximum absolute atomic E-state index is 5.52. The fraction of sp³-hybridized carbons (Fsp3) is 1.00. The maximum Gasteiger partial charge on any atom is 0.0478 e. The Bertz CT molecular complexity index is 293. The van der Waals surface area contributed by atoms with Crippen LogP contribution in [-0.4, -0.2) is 49.3 Å². The van der Waals surface area contributed by atoms with Gasteiger partial charge in [-0.05, 0) is 44.9 Å². The first-order valence-electron chi connectivity index (χ1n) is 8.67. The Morgan fingerprint density at radius 2 is 2.10 bits per heavy atom. The molecule has 0 radical (unpaired) electrons. The third-order valence-corrected chi connectivity index (χ3v) is 5.43. The van der Waals surface area contributed by atoms with Crippen LogP contribution in [0.4, 0.5) is 0 Å². The second kappa shape index (κ2) is 7.24. The predicted octanol–water partition coefficient (Wildman–Crippen LogP) is 2.90. The lowest BCUT2D eigenvalue weighted by Gasteiger charge is -2.48. The quantitative estimate of drug-likeness (QED) is 0.693. The van der Waals surface area contributed by atoms with Crippen LogP contribution in [0.25, 0.3) is 0 Å². The van der Waals surface area contributed by atoms with Crippen LogP contribution in [0.3, 0.4) is 0 Å². The van der Waals surface area contributed by atoms with E-state index in [1.807, 2.05) is 0 Å². The zero-order valence-corrected chi connectivity index (χ0v) is 14.0. The normalized spacial score (nSPS) is 33.3. The molecule has 3 heteroatoms. The van der Waals surface area contributed by atoms with Gasteiger partial charge in [0.1, 0.15) is 0 Å². The smallest absolute Gasteiger partial charge is 0.0478 e. The van der Waals surface area contributed by atoms with Gasteiger partial charge in [-0.25, -0.2) is 0 Å². The van der Waals surface area contributed by atoms with Crippen molar-refractivity contribution < 1.29 is 4.74 Å². The van der Waals surface area contributed by atoms with Gasteiger partial charge in [-0.15, -0.1) is 0 Å². The Morgan fingerprint density at radius 3 is 2.70 bits per heavy atom. The monoisotopic (exact) mass is 282 g/mol. The van der Waals surface area contributed by atoms with Crippen molar-refractivity contribution in [2.24, 2.45) is 11.8 Å². The maximum atomic E-state index is 5.52. The van der Waals surface area contributed by atoms with Gasteiger partial charge in [-0.3, -0.25) is 4.90 Å². The summed E-state index contributed by atoms with van der Waals surface area (Å²) in [5.74, 6) is 1.69. The highest BCUT2D eigenvalue weighted by atomic mass is 16.5. The summed E-state index contributed by atoms with van der Waals surface area (Å²) in [6.07, 6.45) is 5.28. The summed E-state index contributed by atoms with van der Waals surface area (Å²) in [5, 5.41) is 3.88. The molecule has 2 rings (SSSR count). The zero-order valence-electron chi connectivity index (χ0n) is 14.0. The molecule has 0 bridgehead atoms. The van der Waals surface area contributed by atoms with E-state index in [0.717, 1.165) is 31.6 Å². The van der Waals surface area contributed by atoms with Crippen molar-refractivity contribution in [3.05, 3.63) is 0 Å². The SMILES string of the molecule is CCOCCCN1CC(C)(C2CC2)NCC1C(C)CC. The van der Waals surface area contributed by atoms with E-state index < -0.39 is 0 Å². The standard InChI is InChI=1S/C17H34N2O/c1-5-14(3)16-12-18-17(4,15-8-9-15)13-19(16)10-7-11-20-6-2/h14-16,18H,5-13H2,1-4H3. The van der Waals surface area contributed by atoms with Gasteiger partial charge in [-0.2, -0.15) is 0 Å². The van der Waals surface area contributed by atoms with E-state index >= 15 is 0 Å². The van der Waals surface area contributed by atoms with Crippen LogP contribution >= 0.6 is 0 Å². The van der Waals surface area contributed by atoms with Crippen LogP contribution in [-0.2, 0) is 4.74 Å². The molecule has 1 aliphatic carbocycles. The molecular weight excluding hydrogens is 248 g/mol. The zero-order chi connectivity index (χ0) is 14.6. The Labute approximate surface area is 125 Å². The molecule has 2 fully saturated rings. The molecule has 2 aliphatic rings. The van der Waals surface area contributed by atoms with Gasteiger partial charge in [0.15, 0.2) is 0 Å². The lowest BCUT2D eigenvalue weighted by atomic mass is 9.86. The Balaban J connectivity index is 1.91. The van der Waals surface area contributed by atoms with Crippen LogP contribution in [0.15, 0.2) is 0 Å². The molecule has 0 aromatic rings. The van der Waals surface area contributed by atoms with Crippen LogP contribution < -0.4 is 5.32 Å². The van der Waals surface area contributed by atoms with Crippen LogP contribution in [0.2, 0.25) is 0 Å². The van der Waals surface area contributed by atoms with E-state index in [4.69, 9.17) is 4.74 Å². The number of ether oxygens (including phenoxy) is 1. The third-order valence-electron chi connectivity index (χ3n) is 5.43. The molecule has 1 heterocycles. The highest BCUT2D eigenvalue weighted by Crippen LogP contribution is 2.41. The molecule has 20 heavy (non-hydrogen) atoms. The minimum absolute atomic E-state index is 0.357. The number of hydrogen-bond donors (Lipinski definition) is 1. The molecule has 3 atom stereocenters. The Hall–Kier alpha value is -0.120. The second-order valence-electron chi connectivity index (χ2n) is 7.05. The third kappa shape index (κ3) is 3.96. The topological polar surface area (TPSA) is 24.5 Å². The lowest BCUT2D eigenvalue weighted by Crippen LogP contribution is -2.65. The summed E-state index contributed by atoms with van der Waals surface area (Å²) in [7, 11) is 0. The van der Waals surface area contributed by atoms with Gasteiger partial charge in [0.05, 0.1) is 0 Å². The van der Waals surface area contributed by atoms with Crippen molar-refractivity contribution in [2.45, 2.75) is 65.0 Å². The summed E-state index contributed by atoms with van der Waals surface area (Å²) in [6, 6.07) is 0.702. The van der Waals surface area contributed by atoms with E-state index in [0.29, 0.717) is 11.6 Å². The molecule has 1 saturated carbocycles. The van der Waals surface area contributed by atoms with Crippen molar-refractivity contribution in [1.82, 2.24) is 10.2 Å². The Morgan fingerprint density at radius 1 is 1.35 bits per heavy atom. The first kappa shape index (κ1) is 16.3. The van der Waals surface area contributed by atoms with Gasteiger partial charge in [0, 0.05) is 44.4 Å². The van der Waals surface area contributed by atoms with Crippen molar-refractivity contribution in [3.8, 4) is 0 Å². The average molecular weight is 282 g/mol. The number of hydrogen-bond acceptors (Lipinski definition) is 3. The van der Waals surface area contributed by atoms with Gasteiger partial charge >= 0.3 is 0 Å². The fourth-order valence-electron chi connectivity index (χ4n) is 3.65. The number of nitrogens with one attached hydrogen (secondary N) is 1. The summed E-state index contributed by atoms with van der Waals surface area (Å²) in [6.45, 7) is 14.6. The minimum Gasteiger partial charge on any atom is -0.382 e. The van der Waals surface area contributed by atoms with Crippen LogP contribution in [0.5, 0.6) is 0 Å². The lowest BCUT2D eigenvalue weighted by molar-refractivity contribution is 0.0380. The molecule has 1 N–H and O–H groups in total. The number of rotatable bonds is 8. The fourth-order valence-corrected chi connectivity index (χ4v) is 3.65. The van der Waals surface area contributed by atoms with E-state index in [2.05, 4.69) is 37.9 Å². The van der Waals surface area contributed by atoms with Crippen LogP contribution in [0.1, 0.15) is 53.4 Å². The van der Waals surface area contributed by atoms with Crippen LogP contribution in [0, 0.1) is 11.8 Å². The van der Waals surface area contributed by atoms with Gasteiger partial charge in [0.25, 0.3) is 0 Å². The predicted molar refractivity (Wildman–Crippen MR) is 85.1 cm³/mol. The molecule has 3 nitrogen and oxygen atoms in total. The summed E-state index contributed by atoms with van der Waals surface area (Å²) in [5.41, 5.74) is 0.357. The molecule has 118 valence electrons. The minimum atomic E-state index is 0.357.